The van der Waals surface area contributed by atoms with Gasteiger partial charge >= 0.3 is 0 Å². The molecule has 0 heterocycles. The summed E-state index contributed by atoms with van der Waals surface area (Å²) < 4.78 is 0. The highest BCUT2D eigenvalue weighted by Gasteiger charge is 2.20. The van der Waals surface area contributed by atoms with Crippen LogP contribution in [-0.2, 0) is 0 Å². The molecule has 0 aromatic carbocycles. The van der Waals surface area contributed by atoms with E-state index in [2.05, 4.69) is 20.4 Å². The Morgan fingerprint density at radius 1 is 1.21 bits per heavy atom. The van der Waals surface area contributed by atoms with Crippen LogP contribution in [0.4, 0.5) is 0 Å². The van der Waals surface area contributed by atoms with Gasteiger partial charge in [-0.3, -0.25) is 0 Å². The van der Waals surface area contributed by atoms with E-state index >= 15 is 0 Å². The second-order valence-electron chi connectivity index (χ2n) is 5.21. The smallest absolute Gasteiger partial charge is 0.0294 e. The van der Waals surface area contributed by atoms with Crippen LogP contribution < -0.4 is 0 Å². The molecular formula is C14H26. The molecule has 0 aromatic heterocycles. The third-order valence-corrected chi connectivity index (χ3v) is 3.42. The lowest BCUT2D eigenvalue weighted by Gasteiger charge is -2.28. The molecule has 82 valence electrons. The molecule has 1 aliphatic rings. The topological polar surface area (TPSA) is 0 Å². The summed E-state index contributed by atoms with van der Waals surface area (Å²) in [4.78, 5) is 0. The summed E-state index contributed by atoms with van der Waals surface area (Å²) in [5.41, 5.74) is 1.50. The Hall–Kier alpha value is -0.260. The van der Waals surface area contributed by atoms with Crippen molar-refractivity contribution in [3.63, 3.8) is 0 Å². The van der Waals surface area contributed by atoms with Crippen molar-refractivity contribution in [1.29, 1.82) is 0 Å². The Kier molecular flexibility index (Phi) is 5.29. The zero-order valence-corrected chi connectivity index (χ0v) is 10.0. The molecule has 1 aliphatic carbocycles. The van der Waals surface area contributed by atoms with Crippen LogP contribution >= 0.6 is 0 Å². The third kappa shape index (κ3) is 4.30. The number of allylic oxidation sites excluding steroid dienone is 1. The van der Waals surface area contributed by atoms with Gasteiger partial charge in [0.1, 0.15) is 0 Å². The van der Waals surface area contributed by atoms with Crippen LogP contribution in [0.25, 0.3) is 0 Å². The summed E-state index contributed by atoms with van der Waals surface area (Å²) in [7, 11) is 0. The van der Waals surface area contributed by atoms with Crippen molar-refractivity contribution in [3.05, 3.63) is 12.2 Å². The number of rotatable bonds is 5. The van der Waals surface area contributed by atoms with E-state index in [0.717, 1.165) is 11.8 Å². The van der Waals surface area contributed by atoms with Gasteiger partial charge in [0.25, 0.3) is 0 Å². The number of unbranched alkanes of at least 4 members (excludes halogenated alkanes) is 3. The lowest BCUT2D eigenvalue weighted by molar-refractivity contribution is 0.312. The fourth-order valence-electron chi connectivity index (χ4n) is 2.80. The minimum absolute atomic E-state index is 0.896. The van der Waals surface area contributed by atoms with Crippen LogP contribution in [0.3, 0.4) is 0 Å². The Morgan fingerprint density at radius 3 is 2.64 bits per heavy atom. The standard InChI is InChI=1S/C14H26/c1-4-5-6-7-8-14-10-12(2)9-13(3)11-14/h13-14H,2,4-11H2,1,3H3. The summed E-state index contributed by atoms with van der Waals surface area (Å²) in [6, 6.07) is 0. The highest BCUT2D eigenvalue weighted by Crippen LogP contribution is 2.34. The van der Waals surface area contributed by atoms with Gasteiger partial charge in [-0.2, -0.15) is 0 Å². The van der Waals surface area contributed by atoms with E-state index < -0.39 is 0 Å². The van der Waals surface area contributed by atoms with Crippen LogP contribution in [0.2, 0.25) is 0 Å². The molecule has 0 heteroatoms. The summed E-state index contributed by atoms with van der Waals surface area (Å²) in [6.45, 7) is 8.82. The summed E-state index contributed by atoms with van der Waals surface area (Å²) in [6.07, 6.45) is 11.2. The SMILES string of the molecule is C=C1CC(C)CC(CCCCCC)C1. The van der Waals surface area contributed by atoms with Crippen molar-refractivity contribution in [1.82, 2.24) is 0 Å². The fraction of sp³-hybridized carbons (Fsp3) is 0.857. The Bertz CT molecular complexity index is 169. The summed E-state index contributed by atoms with van der Waals surface area (Å²) in [5.74, 6) is 1.86. The Labute approximate surface area is 89.8 Å². The first-order valence-electron chi connectivity index (χ1n) is 6.39. The molecule has 0 saturated heterocycles. The van der Waals surface area contributed by atoms with Gasteiger partial charge in [0.15, 0.2) is 0 Å². The second kappa shape index (κ2) is 6.27. The van der Waals surface area contributed by atoms with E-state index in [0.29, 0.717) is 0 Å². The third-order valence-electron chi connectivity index (χ3n) is 3.42. The highest BCUT2D eigenvalue weighted by molar-refractivity contribution is 5.01. The molecule has 2 unspecified atom stereocenters. The lowest BCUT2D eigenvalue weighted by atomic mass is 9.78. The fourth-order valence-corrected chi connectivity index (χ4v) is 2.80. The minimum Gasteiger partial charge on any atom is -0.0998 e. The van der Waals surface area contributed by atoms with Crippen molar-refractivity contribution >= 4 is 0 Å². The lowest BCUT2D eigenvalue weighted by Crippen LogP contribution is -2.14. The van der Waals surface area contributed by atoms with E-state index in [9.17, 15) is 0 Å². The average Bonchev–Trinajstić information content (AvgIpc) is 2.11. The van der Waals surface area contributed by atoms with Gasteiger partial charge < -0.3 is 0 Å². The first-order valence-corrected chi connectivity index (χ1v) is 6.39. The molecule has 14 heavy (non-hydrogen) atoms. The quantitative estimate of drug-likeness (QED) is 0.429. The largest absolute Gasteiger partial charge is 0.0998 e. The van der Waals surface area contributed by atoms with Crippen LogP contribution in [0.15, 0.2) is 12.2 Å². The van der Waals surface area contributed by atoms with Crippen LogP contribution in [-0.4, -0.2) is 0 Å². The van der Waals surface area contributed by atoms with Gasteiger partial charge in [0, 0.05) is 0 Å². The van der Waals surface area contributed by atoms with Gasteiger partial charge in [0.05, 0.1) is 0 Å². The molecule has 1 rings (SSSR count). The molecule has 0 spiro atoms. The van der Waals surface area contributed by atoms with Gasteiger partial charge in [-0.25, -0.2) is 0 Å². The summed E-state index contributed by atoms with van der Waals surface area (Å²) in [5, 5.41) is 0. The van der Waals surface area contributed by atoms with Crippen LogP contribution in [0.5, 0.6) is 0 Å². The maximum Gasteiger partial charge on any atom is -0.0294 e. The number of hydrogen-bond acceptors (Lipinski definition) is 0. The van der Waals surface area contributed by atoms with Crippen molar-refractivity contribution in [2.45, 2.75) is 65.2 Å². The van der Waals surface area contributed by atoms with Gasteiger partial charge in [-0.1, -0.05) is 58.1 Å². The predicted octanol–water partition coefficient (Wildman–Crippen LogP) is 4.95. The van der Waals surface area contributed by atoms with Gasteiger partial charge in [-0.15, -0.1) is 0 Å². The van der Waals surface area contributed by atoms with Crippen LogP contribution in [0.1, 0.15) is 65.2 Å². The molecule has 0 radical (unpaired) electrons. The van der Waals surface area contributed by atoms with E-state index in [4.69, 9.17) is 0 Å². The molecule has 1 saturated carbocycles. The molecule has 0 N–H and O–H groups in total. The Balaban J connectivity index is 2.14. The monoisotopic (exact) mass is 194 g/mol. The first kappa shape index (κ1) is 11.8. The van der Waals surface area contributed by atoms with Crippen molar-refractivity contribution in [2.75, 3.05) is 0 Å². The minimum atomic E-state index is 0.896. The highest BCUT2D eigenvalue weighted by atomic mass is 14.3. The van der Waals surface area contributed by atoms with Crippen molar-refractivity contribution in [2.24, 2.45) is 11.8 Å². The molecule has 0 aromatic rings. The average molecular weight is 194 g/mol. The van der Waals surface area contributed by atoms with E-state index in [1.165, 1.54) is 56.9 Å². The molecule has 2 atom stereocenters. The van der Waals surface area contributed by atoms with Crippen LogP contribution in [0, 0.1) is 11.8 Å². The molecule has 0 amide bonds. The normalized spacial score (nSPS) is 28.0. The maximum atomic E-state index is 4.16. The molecule has 0 aliphatic heterocycles. The Morgan fingerprint density at radius 2 is 2.00 bits per heavy atom. The molecular weight excluding hydrogens is 168 g/mol. The van der Waals surface area contributed by atoms with E-state index in [1.807, 2.05) is 0 Å². The number of hydrogen-bond donors (Lipinski definition) is 0. The molecule has 1 fully saturated rings. The zero-order valence-electron chi connectivity index (χ0n) is 10.0. The maximum absolute atomic E-state index is 4.16. The predicted molar refractivity (Wildman–Crippen MR) is 64.4 cm³/mol. The van der Waals surface area contributed by atoms with Gasteiger partial charge in [0.2, 0.25) is 0 Å². The van der Waals surface area contributed by atoms with Crippen molar-refractivity contribution < 1.29 is 0 Å². The first-order chi connectivity index (χ1) is 6.72. The zero-order chi connectivity index (χ0) is 10.4. The molecule has 0 bridgehead atoms. The second-order valence-corrected chi connectivity index (χ2v) is 5.21. The van der Waals surface area contributed by atoms with Gasteiger partial charge in [-0.05, 0) is 31.1 Å². The summed E-state index contributed by atoms with van der Waals surface area (Å²) >= 11 is 0. The van der Waals surface area contributed by atoms with Crippen molar-refractivity contribution in [3.8, 4) is 0 Å². The van der Waals surface area contributed by atoms with E-state index in [1.54, 1.807) is 0 Å². The molecule has 0 nitrogen and oxygen atoms in total. The van der Waals surface area contributed by atoms with E-state index in [-0.39, 0.29) is 0 Å².